The molecule has 2 aromatic heterocycles. The van der Waals surface area contributed by atoms with Gasteiger partial charge in [-0.15, -0.1) is 5.10 Å². The number of nitrogens with zero attached hydrogens (tertiary/aromatic N) is 5. The van der Waals surface area contributed by atoms with Gasteiger partial charge in [0.1, 0.15) is 5.82 Å². The fraction of sp³-hybridized carbons (Fsp3) is 0.500. The lowest BCUT2D eigenvalue weighted by Crippen LogP contribution is -2.33. The molecule has 5 rings (SSSR count). The summed E-state index contributed by atoms with van der Waals surface area (Å²) in [6.07, 6.45) is 4.43. The summed E-state index contributed by atoms with van der Waals surface area (Å²) in [6.45, 7) is 8.10. The second-order valence-corrected chi connectivity index (χ2v) is 9.72. The fourth-order valence-electron chi connectivity index (χ4n) is 4.36. The van der Waals surface area contributed by atoms with E-state index in [-0.39, 0.29) is 17.0 Å². The van der Waals surface area contributed by atoms with Gasteiger partial charge in [-0.2, -0.15) is 5.10 Å². The van der Waals surface area contributed by atoms with E-state index >= 15 is 0 Å². The Bertz CT molecular complexity index is 1130. The molecule has 2 aliphatic rings. The van der Waals surface area contributed by atoms with Crippen molar-refractivity contribution in [3.8, 4) is 0 Å². The summed E-state index contributed by atoms with van der Waals surface area (Å²) in [5.41, 5.74) is 1.83. The predicted octanol–water partition coefficient (Wildman–Crippen LogP) is 4.24. The molecule has 156 valence electrons. The number of fused-ring (bicyclic) bond motifs is 1. The van der Waals surface area contributed by atoms with Gasteiger partial charge < -0.3 is 4.90 Å². The molecule has 6 heteroatoms. The van der Waals surface area contributed by atoms with Gasteiger partial charge in [0.25, 0.3) is 5.56 Å². The van der Waals surface area contributed by atoms with Gasteiger partial charge in [0.05, 0.1) is 22.6 Å². The minimum atomic E-state index is -0.0272. The first-order valence-corrected chi connectivity index (χ1v) is 11.0. The molecule has 0 N–H and O–H groups in total. The van der Waals surface area contributed by atoms with E-state index in [0.717, 1.165) is 48.8 Å². The molecule has 3 aromatic rings. The van der Waals surface area contributed by atoms with E-state index in [1.165, 1.54) is 12.8 Å². The predicted molar refractivity (Wildman–Crippen MR) is 119 cm³/mol. The molecular formula is C24H29N5O. The summed E-state index contributed by atoms with van der Waals surface area (Å²) in [5.74, 6) is 2.35. The van der Waals surface area contributed by atoms with E-state index in [2.05, 4.69) is 48.0 Å². The Hall–Kier alpha value is -2.76. The van der Waals surface area contributed by atoms with Crippen molar-refractivity contribution < 1.29 is 0 Å². The summed E-state index contributed by atoms with van der Waals surface area (Å²) >= 11 is 0. The normalized spacial score (nSPS) is 19.6. The number of para-hydroxylation sites is 1. The van der Waals surface area contributed by atoms with E-state index in [4.69, 9.17) is 4.98 Å². The van der Waals surface area contributed by atoms with Crippen molar-refractivity contribution in [1.29, 1.82) is 0 Å². The Labute approximate surface area is 177 Å². The number of anilines is 1. The van der Waals surface area contributed by atoms with Crippen LogP contribution in [-0.4, -0.2) is 26.3 Å². The zero-order valence-corrected chi connectivity index (χ0v) is 18.0. The Morgan fingerprint density at radius 3 is 2.53 bits per heavy atom. The lowest BCUT2D eigenvalue weighted by atomic mass is 9.92. The van der Waals surface area contributed by atoms with Gasteiger partial charge in [-0.1, -0.05) is 32.9 Å². The number of rotatable bonds is 4. The number of hydrogen-bond acceptors (Lipinski definition) is 5. The highest BCUT2D eigenvalue weighted by Gasteiger charge is 2.33. The van der Waals surface area contributed by atoms with Crippen molar-refractivity contribution in [3.05, 3.63) is 58.3 Å². The first-order valence-electron chi connectivity index (χ1n) is 11.0. The number of benzene rings is 1. The first kappa shape index (κ1) is 19.2. The molecule has 30 heavy (non-hydrogen) atoms. The largest absolute Gasteiger partial charge is 0.345 e. The minimum absolute atomic E-state index is 0.0272. The van der Waals surface area contributed by atoms with Crippen LogP contribution in [0.2, 0.25) is 0 Å². The van der Waals surface area contributed by atoms with Crippen molar-refractivity contribution in [3.63, 3.8) is 0 Å². The van der Waals surface area contributed by atoms with E-state index < -0.39 is 0 Å². The Morgan fingerprint density at radius 2 is 1.83 bits per heavy atom. The second kappa shape index (κ2) is 7.18. The summed E-state index contributed by atoms with van der Waals surface area (Å²) in [4.78, 5) is 20.6. The van der Waals surface area contributed by atoms with Gasteiger partial charge >= 0.3 is 0 Å². The molecule has 0 bridgehead atoms. The Kier molecular flexibility index (Phi) is 4.60. The third kappa shape index (κ3) is 3.48. The highest BCUT2D eigenvalue weighted by Crippen LogP contribution is 2.36. The average Bonchev–Trinajstić information content (AvgIpc) is 3.42. The van der Waals surface area contributed by atoms with Crippen molar-refractivity contribution in [2.75, 3.05) is 11.4 Å². The van der Waals surface area contributed by atoms with Crippen molar-refractivity contribution in [1.82, 2.24) is 19.7 Å². The van der Waals surface area contributed by atoms with Crippen molar-refractivity contribution in [2.24, 2.45) is 5.92 Å². The van der Waals surface area contributed by atoms with Crippen LogP contribution in [0.15, 0.2) is 41.2 Å². The van der Waals surface area contributed by atoms with E-state index in [1.807, 2.05) is 28.8 Å². The molecule has 1 saturated heterocycles. The molecule has 1 aliphatic carbocycles. The molecule has 1 aliphatic heterocycles. The SMILES string of the molecule is CC(C)(C)c1ccc(N2CCCC2c2nc3ccccc3c(=O)n2CC2CC2)nn1. The maximum absolute atomic E-state index is 13.3. The van der Waals surface area contributed by atoms with Crippen molar-refractivity contribution >= 4 is 16.7 Å². The van der Waals surface area contributed by atoms with Crippen LogP contribution in [-0.2, 0) is 12.0 Å². The maximum atomic E-state index is 13.3. The number of aromatic nitrogens is 4. The van der Waals surface area contributed by atoms with E-state index in [9.17, 15) is 4.79 Å². The highest BCUT2D eigenvalue weighted by molar-refractivity contribution is 5.77. The summed E-state index contributed by atoms with van der Waals surface area (Å²) in [7, 11) is 0. The van der Waals surface area contributed by atoms with Gasteiger partial charge in [-0.05, 0) is 55.9 Å². The van der Waals surface area contributed by atoms with Crippen LogP contribution in [0.25, 0.3) is 10.9 Å². The molecule has 1 atom stereocenters. The molecule has 0 amide bonds. The Morgan fingerprint density at radius 1 is 1.03 bits per heavy atom. The van der Waals surface area contributed by atoms with Gasteiger partial charge in [0.15, 0.2) is 5.82 Å². The van der Waals surface area contributed by atoms with Gasteiger partial charge in [0, 0.05) is 18.5 Å². The first-order chi connectivity index (χ1) is 14.4. The molecule has 2 fully saturated rings. The summed E-state index contributed by atoms with van der Waals surface area (Å²) < 4.78 is 1.94. The molecule has 0 radical (unpaired) electrons. The van der Waals surface area contributed by atoms with Crippen LogP contribution in [0, 0.1) is 5.92 Å². The molecule has 1 saturated carbocycles. The van der Waals surface area contributed by atoms with Crippen molar-refractivity contribution in [2.45, 2.75) is 64.5 Å². The molecule has 1 aromatic carbocycles. The van der Waals surface area contributed by atoms with Crippen LogP contribution >= 0.6 is 0 Å². The second-order valence-electron chi connectivity index (χ2n) is 9.72. The summed E-state index contributed by atoms with van der Waals surface area (Å²) in [5, 5.41) is 9.75. The minimum Gasteiger partial charge on any atom is -0.345 e. The van der Waals surface area contributed by atoms with Gasteiger partial charge in [-0.3, -0.25) is 9.36 Å². The zero-order valence-electron chi connectivity index (χ0n) is 18.0. The van der Waals surface area contributed by atoms with Crippen LogP contribution < -0.4 is 10.5 Å². The van der Waals surface area contributed by atoms with E-state index in [1.54, 1.807) is 0 Å². The van der Waals surface area contributed by atoms with Crippen LogP contribution in [0.4, 0.5) is 5.82 Å². The molecule has 6 nitrogen and oxygen atoms in total. The van der Waals surface area contributed by atoms with Crippen LogP contribution in [0.5, 0.6) is 0 Å². The lowest BCUT2D eigenvalue weighted by Gasteiger charge is -2.28. The fourth-order valence-corrected chi connectivity index (χ4v) is 4.36. The maximum Gasteiger partial charge on any atom is 0.261 e. The highest BCUT2D eigenvalue weighted by atomic mass is 16.1. The topological polar surface area (TPSA) is 63.9 Å². The number of hydrogen-bond donors (Lipinski definition) is 0. The standard InChI is InChI=1S/C24H29N5O/c1-24(2,3)20-12-13-21(27-26-20)28-14-6-9-19(28)22-25-18-8-5-4-7-17(18)23(30)29(22)15-16-10-11-16/h4-5,7-8,12-13,16,19H,6,9-11,14-15H2,1-3H3. The lowest BCUT2D eigenvalue weighted by molar-refractivity contribution is 0.523. The van der Waals surface area contributed by atoms with Crippen LogP contribution in [0.1, 0.15) is 64.0 Å². The third-order valence-electron chi connectivity index (χ3n) is 6.29. The van der Waals surface area contributed by atoms with Gasteiger partial charge in [0.2, 0.25) is 0 Å². The third-order valence-corrected chi connectivity index (χ3v) is 6.29. The molecular weight excluding hydrogens is 374 g/mol. The van der Waals surface area contributed by atoms with Gasteiger partial charge in [-0.25, -0.2) is 4.98 Å². The Balaban J connectivity index is 1.57. The van der Waals surface area contributed by atoms with Crippen LogP contribution in [0.3, 0.4) is 0 Å². The monoisotopic (exact) mass is 403 g/mol. The molecule has 1 unspecified atom stereocenters. The summed E-state index contributed by atoms with van der Waals surface area (Å²) in [6, 6.07) is 11.9. The molecule has 3 heterocycles. The zero-order chi connectivity index (χ0) is 20.9. The quantitative estimate of drug-likeness (QED) is 0.652. The smallest absolute Gasteiger partial charge is 0.261 e. The van der Waals surface area contributed by atoms with E-state index in [0.29, 0.717) is 11.3 Å². The molecule has 0 spiro atoms. The average molecular weight is 404 g/mol.